The Morgan fingerprint density at radius 3 is 2.56 bits per heavy atom. The highest BCUT2D eigenvalue weighted by Crippen LogP contribution is 2.23. The lowest BCUT2D eigenvalue weighted by molar-refractivity contribution is -0.136. The number of amides is 1. The molecule has 18 heavy (non-hydrogen) atoms. The molecular weight excluding hydrogens is 245 g/mol. The monoisotopic (exact) mass is 266 g/mol. The molecule has 1 aliphatic heterocycles. The molecule has 1 heterocycles. The second-order valence-electron chi connectivity index (χ2n) is 4.79. The van der Waals surface area contributed by atoms with Gasteiger partial charge in [0.05, 0.1) is 12.2 Å². The number of alkyl halides is 3. The van der Waals surface area contributed by atoms with Gasteiger partial charge in [0.25, 0.3) is 0 Å². The van der Waals surface area contributed by atoms with Gasteiger partial charge in [-0.05, 0) is 26.2 Å². The van der Waals surface area contributed by atoms with Crippen LogP contribution in [0.5, 0.6) is 0 Å². The minimum absolute atomic E-state index is 0.0244. The second kappa shape index (κ2) is 6.41. The van der Waals surface area contributed by atoms with Gasteiger partial charge in [-0.25, -0.2) is 0 Å². The zero-order valence-electron chi connectivity index (χ0n) is 10.9. The van der Waals surface area contributed by atoms with E-state index in [4.69, 9.17) is 0 Å². The summed E-state index contributed by atoms with van der Waals surface area (Å²) >= 11 is 0. The summed E-state index contributed by atoms with van der Waals surface area (Å²) in [5.41, 5.74) is 0. The molecule has 0 radical (unpaired) electrons. The maximum atomic E-state index is 12.0. The molecule has 1 saturated heterocycles. The summed E-state index contributed by atoms with van der Waals surface area (Å²) in [6.45, 7) is 4.28. The summed E-state index contributed by atoms with van der Waals surface area (Å²) in [7, 11) is 0. The van der Waals surface area contributed by atoms with Crippen LogP contribution in [0, 0.1) is 0 Å². The first-order valence-corrected chi connectivity index (χ1v) is 6.48. The summed E-state index contributed by atoms with van der Waals surface area (Å²) in [6.07, 6.45) is -2.76. The first-order chi connectivity index (χ1) is 8.35. The third-order valence-electron chi connectivity index (χ3n) is 3.18. The normalized spacial score (nSPS) is 24.9. The van der Waals surface area contributed by atoms with Gasteiger partial charge in [0.15, 0.2) is 0 Å². The van der Waals surface area contributed by atoms with E-state index in [1.807, 2.05) is 13.8 Å². The number of hydrogen-bond donors (Lipinski definition) is 1. The van der Waals surface area contributed by atoms with E-state index < -0.39 is 12.6 Å². The molecule has 0 saturated carbocycles. The summed E-state index contributed by atoms with van der Waals surface area (Å²) in [5.74, 6) is 0.0244. The number of halogens is 3. The van der Waals surface area contributed by atoms with Crippen molar-refractivity contribution in [3.05, 3.63) is 0 Å². The fourth-order valence-corrected chi connectivity index (χ4v) is 2.25. The summed E-state index contributed by atoms with van der Waals surface area (Å²) in [6, 6.07) is -0.160. The van der Waals surface area contributed by atoms with Crippen LogP contribution in [0.3, 0.4) is 0 Å². The molecule has 106 valence electrons. The van der Waals surface area contributed by atoms with E-state index in [2.05, 4.69) is 5.32 Å². The van der Waals surface area contributed by atoms with Crippen molar-refractivity contribution in [2.45, 2.75) is 64.3 Å². The summed E-state index contributed by atoms with van der Waals surface area (Å²) < 4.78 is 35.9. The molecule has 1 rings (SSSR count). The summed E-state index contributed by atoms with van der Waals surface area (Å²) in [4.78, 5) is 13.6. The third-order valence-corrected chi connectivity index (χ3v) is 3.18. The first kappa shape index (κ1) is 15.3. The van der Waals surface area contributed by atoms with Crippen LogP contribution in [-0.2, 0) is 4.79 Å². The second-order valence-corrected chi connectivity index (χ2v) is 4.79. The molecule has 0 aromatic rings. The highest BCUT2D eigenvalue weighted by molar-refractivity contribution is 5.84. The third kappa shape index (κ3) is 4.48. The molecule has 1 fully saturated rings. The van der Waals surface area contributed by atoms with E-state index in [0.717, 1.165) is 12.8 Å². The van der Waals surface area contributed by atoms with E-state index >= 15 is 0 Å². The van der Waals surface area contributed by atoms with E-state index in [1.165, 1.54) is 0 Å². The van der Waals surface area contributed by atoms with Crippen LogP contribution in [0.15, 0.2) is 0 Å². The zero-order chi connectivity index (χ0) is 13.8. The molecule has 0 aromatic heterocycles. The van der Waals surface area contributed by atoms with Gasteiger partial charge >= 0.3 is 6.18 Å². The molecule has 2 unspecified atom stereocenters. The quantitative estimate of drug-likeness (QED) is 0.750. The lowest BCUT2D eigenvalue weighted by atomic mass is 10.1. The van der Waals surface area contributed by atoms with E-state index in [1.54, 1.807) is 4.90 Å². The van der Waals surface area contributed by atoms with E-state index in [9.17, 15) is 18.0 Å². The lowest BCUT2D eigenvalue weighted by Crippen LogP contribution is -2.35. The maximum Gasteiger partial charge on any atom is 0.389 e. The Morgan fingerprint density at radius 1 is 1.33 bits per heavy atom. The Kier molecular flexibility index (Phi) is 5.44. The standard InChI is InChI=1S/C12H21F3N2O/c1-3-6-10-11(18)17(9(2)16-10)8-5-4-7-12(13,14)15/h9-10,16H,3-8H2,1-2H3. The predicted molar refractivity (Wildman–Crippen MR) is 62.9 cm³/mol. The molecule has 3 nitrogen and oxygen atoms in total. The van der Waals surface area contributed by atoms with Gasteiger partial charge in [-0.1, -0.05) is 13.3 Å². The van der Waals surface area contributed by atoms with Crippen LogP contribution in [0.25, 0.3) is 0 Å². The highest BCUT2D eigenvalue weighted by Gasteiger charge is 2.35. The first-order valence-electron chi connectivity index (χ1n) is 6.48. The van der Waals surface area contributed by atoms with Crippen LogP contribution in [0.2, 0.25) is 0 Å². The number of nitrogens with one attached hydrogen (secondary N) is 1. The number of hydrogen-bond acceptors (Lipinski definition) is 2. The van der Waals surface area contributed by atoms with Gasteiger partial charge in [-0.2, -0.15) is 13.2 Å². The van der Waals surface area contributed by atoms with Crippen molar-refractivity contribution in [1.29, 1.82) is 0 Å². The van der Waals surface area contributed by atoms with Gasteiger partial charge < -0.3 is 4.90 Å². The van der Waals surface area contributed by atoms with Crippen molar-refractivity contribution in [3.63, 3.8) is 0 Å². The Labute approximate surface area is 106 Å². The van der Waals surface area contributed by atoms with Gasteiger partial charge in [-0.3, -0.25) is 10.1 Å². The van der Waals surface area contributed by atoms with E-state index in [0.29, 0.717) is 13.0 Å². The van der Waals surface area contributed by atoms with Crippen molar-refractivity contribution >= 4 is 5.91 Å². The SMILES string of the molecule is CCCC1NC(C)N(CCCCC(F)(F)F)C1=O. The molecule has 0 spiro atoms. The molecule has 6 heteroatoms. The Bertz CT molecular complexity index is 281. The Hall–Kier alpha value is -0.780. The van der Waals surface area contributed by atoms with Crippen LogP contribution in [-0.4, -0.2) is 35.7 Å². The average molecular weight is 266 g/mol. The van der Waals surface area contributed by atoms with Crippen LogP contribution in [0.4, 0.5) is 13.2 Å². The molecule has 2 atom stereocenters. The number of rotatable bonds is 6. The van der Waals surface area contributed by atoms with Gasteiger partial charge in [0, 0.05) is 13.0 Å². The number of nitrogens with zero attached hydrogens (tertiary/aromatic N) is 1. The van der Waals surface area contributed by atoms with Gasteiger partial charge in [-0.15, -0.1) is 0 Å². The van der Waals surface area contributed by atoms with Crippen molar-refractivity contribution in [2.24, 2.45) is 0 Å². The number of carbonyl (C=O) groups is 1. The van der Waals surface area contributed by atoms with Crippen molar-refractivity contribution < 1.29 is 18.0 Å². The molecule has 0 aromatic carbocycles. The predicted octanol–water partition coefficient (Wildman–Crippen LogP) is 2.67. The van der Waals surface area contributed by atoms with Crippen LogP contribution < -0.4 is 5.32 Å². The van der Waals surface area contributed by atoms with Crippen molar-refractivity contribution in [1.82, 2.24) is 10.2 Å². The maximum absolute atomic E-state index is 12.0. The fourth-order valence-electron chi connectivity index (χ4n) is 2.25. The van der Waals surface area contributed by atoms with Gasteiger partial charge in [0.1, 0.15) is 0 Å². The minimum Gasteiger partial charge on any atom is -0.326 e. The lowest BCUT2D eigenvalue weighted by Gasteiger charge is -2.20. The smallest absolute Gasteiger partial charge is 0.326 e. The molecule has 1 aliphatic rings. The molecular formula is C12H21F3N2O. The average Bonchev–Trinajstić information content (AvgIpc) is 2.50. The Balaban J connectivity index is 2.32. The molecule has 0 aliphatic carbocycles. The Morgan fingerprint density at radius 2 is 2.00 bits per heavy atom. The summed E-state index contributed by atoms with van der Waals surface area (Å²) in [5, 5.41) is 3.17. The number of unbranched alkanes of at least 4 members (excludes halogenated alkanes) is 1. The van der Waals surface area contributed by atoms with Crippen molar-refractivity contribution in [2.75, 3.05) is 6.54 Å². The molecule has 1 amide bonds. The minimum atomic E-state index is -4.09. The zero-order valence-corrected chi connectivity index (χ0v) is 10.9. The van der Waals surface area contributed by atoms with Gasteiger partial charge in [0.2, 0.25) is 5.91 Å². The molecule has 1 N–H and O–H groups in total. The number of carbonyl (C=O) groups excluding carboxylic acids is 1. The fraction of sp³-hybridized carbons (Fsp3) is 0.917. The molecule has 0 bridgehead atoms. The van der Waals surface area contributed by atoms with E-state index in [-0.39, 0.29) is 24.5 Å². The topological polar surface area (TPSA) is 32.3 Å². The van der Waals surface area contributed by atoms with Crippen molar-refractivity contribution in [3.8, 4) is 0 Å². The largest absolute Gasteiger partial charge is 0.389 e. The van der Waals surface area contributed by atoms with Crippen LogP contribution in [0.1, 0.15) is 46.0 Å². The van der Waals surface area contributed by atoms with Crippen LogP contribution >= 0.6 is 0 Å². The highest BCUT2D eigenvalue weighted by atomic mass is 19.4.